The van der Waals surface area contributed by atoms with E-state index in [1.807, 2.05) is 11.0 Å². The third-order valence-corrected chi connectivity index (χ3v) is 7.50. The number of piperidine rings is 1. The number of amides is 2. The van der Waals surface area contributed by atoms with Gasteiger partial charge >= 0.3 is 0 Å². The first-order chi connectivity index (χ1) is 15.6. The molecule has 0 aromatic heterocycles. The molecule has 32 heavy (non-hydrogen) atoms. The Balaban J connectivity index is 1.43. The second-order valence-electron chi connectivity index (χ2n) is 9.47. The fourth-order valence-corrected chi connectivity index (χ4v) is 5.87. The van der Waals surface area contributed by atoms with Crippen molar-refractivity contribution < 1.29 is 28.2 Å². The van der Waals surface area contributed by atoms with Crippen LogP contribution in [0.25, 0.3) is 0 Å². The van der Waals surface area contributed by atoms with Crippen LogP contribution in [0.5, 0.6) is 5.75 Å². The fourth-order valence-electron chi connectivity index (χ4n) is 5.87. The molecule has 1 aromatic carbocycles. The van der Waals surface area contributed by atoms with Crippen LogP contribution in [-0.4, -0.2) is 67.4 Å². The molecular formula is C24H31FN2O5. The zero-order valence-corrected chi connectivity index (χ0v) is 18.3. The van der Waals surface area contributed by atoms with E-state index in [9.17, 15) is 14.0 Å². The lowest BCUT2D eigenvalue weighted by Gasteiger charge is -2.51. The Morgan fingerprint density at radius 1 is 1.16 bits per heavy atom. The average molecular weight is 447 g/mol. The van der Waals surface area contributed by atoms with E-state index < -0.39 is 5.54 Å². The topological polar surface area (TPSA) is 77.1 Å². The van der Waals surface area contributed by atoms with E-state index in [4.69, 9.17) is 14.2 Å². The smallest absolute Gasteiger partial charge is 0.246 e. The van der Waals surface area contributed by atoms with E-state index >= 15 is 0 Å². The Bertz CT molecular complexity index is 868. The molecule has 2 atom stereocenters. The van der Waals surface area contributed by atoms with Gasteiger partial charge in [-0.05, 0) is 50.5 Å². The van der Waals surface area contributed by atoms with Crippen LogP contribution in [0.15, 0.2) is 18.2 Å². The van der Waals surface area contributed by atoms with Crippen LogP contribution < -0.4 is 10.1 Å². The summed E-state index contributed by atoms with van der Waals surface area (Å²) in [6.45, 7) is 1.51. The molecule has 7 nitrogen and oxygen atoms in total. The second-order valence-corrected chi connectivity index (χ2v) is 9.47. The highest BCUT2D eigenvalue weighted by Gasteiger charge is 2.49. The van der Waals surface area contributed by atoms with Crippen molar-refractivity contribution in [1.82, 2.24) is 10.2 Å². The molecule has 8 heteroatoms. The maximum Gasteiger partial charge on any atom is 0.246 e. The molecule has 1 aliphatic carbocycles. The molecule has 2 bridgehead atoms. The molecule has 1 saturated carbocycles. The quantitative estimate of drug-likeness (QED) is 0.663. The summed E-state index contributed by atoms with van der Waals surface area (Å²) in [5, 5.41) is 3.13. The molecule has 0 radical (unpaired) electrons. The van der Waals surface area contributed by atoms with Crippen molar-refractivity contribution in [3.05, 3.63) is 29.6 Å². The largest absolute Gasteiger partial charge is 0.490 e. The lowest BCUT2D eigenvalue weighted by atomic mass is 9.80. The molecule has 3 fully saturated rings. The number of benzene rings is 1. The van der Waals surface area contributed by atoms with Crippen LogP contribution in [0.4, 0.5) is 4.39 Å². The van der Waals surface area contributed by atoms with Crippen LogP contribution in [0, 0.1) is 5.82 Å². The first kappa shape index (κ1) is 21.6. The third kappa shape index (κ3) is 4.10. The van der Waals surface area contributed by atoms with Crippen molar-refractivity contribution in [1.29, 1.82) is 0 Å². The van der Waals surface area contributed by atoms with Crippen LogP contribution >= 0.6 is 0 Å². The number of morpholine rings is 1. The minimum Gasteiger partial charge on any atom is -0.490 e. The summed E-state index contributed by atoms with van der Waals surface area (Å²) in [4.78, 5) is 27.2. The van der Waals surface area contributed by atoms with Gasteiger partial charge in [-0.3, -0.25) is 9.59 Å². The summed E-state index contributed by atoms with van der Waals surface area (Å²) in [7, 11) is 0. The number of para-hydroxylation sites is 1. The molecule has 1 aromatic rings. The Morgan fingerprint density at radius 2 is 2.00 bits per heavy atom. The Kier molecular flexibility index (Phi) is 6.07. The van der Waals surface area contributed by atoms with Crippen molar-refractivity contribution in [2.75, 3.05) is 33.0 Å². The summed E-state index contributed by atoms with van der Waals surface area (Å²) in [5.74, 6) is -0.0974. The van der Waals surface area contributed by atoms with E-state index in [1.165, 1.54) is 6.07 Å². The molecule has 4 aliphatic heterocycles. The van der Waals surface area contributed by atoms with Gasteiger partial charge in [0.1, 0.15) is 6.61 Å². The molecule has 6 rings (SSSR count). The lowest BCUT2D eigenvalue weighted by Crippen LogP contribution is -2.72. The summed E-state index contributed by atoms with van der Waals surface area (Å²) in [6.07, 6.45) is 5.31. The monoisotopic (exact) mass is 446 g/mol. The van der Waals surface area contributed by atoms with Crippen molar-refractivity contribution >= 4 is 11.8 Å². The molecule has 1 N–H and O–H groups in total. The lowest BCUT2D eigenvalue weighted by molar-refractivity contribution is -0.155. The van der Waals surface area contributed by atoms with Gasteiger partial charge < -0.3 is 24.4 Å². The van der Waals surface area contributed by atoms with Crippen LogP contribution in [-0.2, 0) is 19.1 Å². The summed E-state index contributed by atoms with van der Waals surface area (Å²) in [5.41, 5.74) is 0.265. The summed E-state index contributed by atoms with van der Waals surface area (Å²) >= 11 is 0. The predicted octanol–water partition coefficient (Wildman–Crippen LogP) is 2.53. The molecule has 2 amide bonds. The summed E-state index contributed by atoms with van der Waals surface area (Å²) < 4.78 is 32.4. The number of carbonyl (C=O) groups excluding carboxylic acids is 2. The van der Waals surface area contributed by atoms with Gasteiger partial charge in [0.05, 0.1) is 43.9 Å². The molecule has 4 heterocycles. The highest BCUT2D eigenvalue weighted by atomic mass is 19.1. The van der Waals surface area contributed by atoms with Gasteiger partial charge in [-0.15, -0.1) is 0 Å². The van der Waals surface area contributed by atoms with Crippen molar-refractivity contribution in [2.45, 2.75) is 68.5 Å². The number of ether oxygens (including phenoxy) is 3. The molecule has 5 aliphatic rings. The molecular weight excluding hydrogens is 415 g/mol. The standard InChI is InChI=1S/C24H31FN2O5/c25-19-4-1-3-18-16-5-7-17(8-6-16)32-13-20-24(15-30-14-21(28)26-24)10-2-11-27(20)22(29)9-12-31-23(18)19/h1,3-4,16-17,20H,2,5-15H2,(H,26,28)/t16?,17?,20-,24+/m0/s1. The number of nitrogens with one attached hydrogen (secondary N) is 1. The second kappa shape index (κ2) is 8.98. The van der Waals surface area contributed by atoms with Crippen LogP contribution in [0.3, 0.4) is 0 Å². The number of fused-ring (bicyclic) bond motifs is 6. The Morgan fingerprint density at radius 3 is 2.81 bits per heavy atom. The number of hydrogen-bond acceptors (Lipinski definition) is 5. The molecule has 2 saturated heterocycles. The normalized spacial score (nSPS) is 33.7. The minimum absolute atomic E-state index is 0.0477. The number of halogens is 1. The molecule has 0 unspecified atom stereocenters. The van der Waals surface area contributed by atoms with Gasteiger partial charge in [-0.2, -0.15) is 0 Å². The van der Waals surface area contributed by atoms with E-state index in [-0.39, 0.29) is 61.1 Å². The predicted molar refractivity (Wildman–Crippen MR) is 114 cm³/mol. The maximum atomic E-state index is 14.6. The third-order valence-electron chi connectivity index (χ3n) is 7.50. The van der Waals surface area contributed by atoms with Crippen molar-refractivity contribution in [3.63, 3.8) is 0 Å². The maximum absolute atomic E-state index is 14.6. The van der Waals surface area contributed by atoms with E-state index in [0.717, 1.165) is 44.1 Å². The van der Waals surface area contributed by atoms with Crippen LogP contribution in [0.2, 0.25) is 0 Å². The highest BCUT2D eigenvalue weighted by Crippen LogP contribution is 2.40. The number of hydrogen-bond donors (Lipinski definition) is 1. The van der Waals surface area contributed by atoms with Crippen molar-refractivity contribution in [3.8, 4) is 5.75 Å². The molecule has 174 valence electrons. The van der Waals surface area contributed by atoms with Gasteiger partial charge in [0.2, 0.25) is 11.8 Å². The van der Waals surface area contributed by atoms with E-state index in [2.05, 4.69) is 5.32 Å². The zero-order chi connectivity index (χ0) is 22.1. The van der Waals surface area contributed by atoms with Gasteiger partial charge in [-0.25, -0.2) is 4.39 Å². The van der Waals surface area contributed by atoms with Gasteiger partial charge in [0.25, 0.3) is 0 Å². The highest BCUT2D eigenvalue weighted by molar-refractivity contribution is 5.80. The van der Waals surface area contributed by atoms with Crippen LogP contribution in [0.1, 0.15) is 56.4 Å². The SMILES string of the molecule is O=C1COC[C@@]2(CCCN3C(=O)CCOc4c(F)cccc4C4CCC(CC4)OC[C@H]32)N1. The summed E-state index contributed by atoms with van der Waals surface area (Å²) in [6, 6.07) is 4.79. The average Bonchev–Trinajstić information content (AvgIpc) is 2.79. The Hall–Kier alpha value is -2.19. The number of nitrogens with zero attached hydrogens (tertiary/aromatic N) is 1. The fraction of sp³-hybridized carbons (Fsp3) is 0.667. The molecule has 1 spiro atoms. The van der Waals surface area contributed by atoms with E-state index in [0.29, 0.717) is 19.8 Å². The van der Waals surface area contributed by atoms with Gasteiger partial charge in [0, 0.05) is 12.1 Å². The number of carbonyl (C=O) groups is 2. The minimum atomic E-state index is -0.628. The van der Waals surface area contributed by atoms with Gasteiger partial charge in [0.15, 0.2) is 11.6 Å². The van der Waals surface area contributed by atoms with Gasteiger partial charge in [-0.1, -0.05) is 12.1 Å². The van der Waals surface area contributed by atoms with Crippen molar-refractivity contribution in [2.24, 2.45) is 0 Å². The first-order valence-electron chi connectivity index (χ1n) is 11.8. The number of rotatable bonds is 0. The first-order valence-corrected chi connectivity index (χ1v) is 11.8. The Labute approximate surface area is 187 Å². The zero-order valence-electron chi connectivity index (χ0n) is 18.3. The van der Waals surface area contributed by atoms with E-state index in [1.54, 1.807) is 6.07 Å².